The number of carbonyl (C=O) groups excluding carboxylic acids is 4. The number of thiazole rings is 1. The van der Waals surface area contributed by atoms with Gasteiger partial charge in [0.1, 0.15) is 0 Å². The lowest BCUT2D eigenvalue weighted by Crippen LogP contribution is -2.34. The molecule has 1 amide bonds. The van der Waals surface area contributed by atoms with Crippen molar-refractivity contribution in [1.29, 1.82) is 0 Å². The zero-order chi connectivity index (χ0) is 15.6. The minimum absolute atomic E-state index is 0.0873. The molecule has 0 radical (unpaired) electrons. The van der Waals surface area contributed by atoms with E-state index in [1.54, 1.807) is 6.92 Å². The van der Waals surface area contributed by atoms with Gasteiger partial charge in [-0.25, -0.2) is 9.78 Å². The Bertz CT molecular complexity index is 622. The summed E-state index contributed by atoms with van der Waals surface area (Å²) in [6.07, 6.45) is 0.639. The Kier molecular flexibility index (Phi) is 4.46. The van der Waals surface area contributed by atoms with Gasteiger partial charge >= 0.3 is 5.97 Å². The number of hydrogen-bond acceptors (Lipinski definition) is 7. The lowest BCUT2D eigenvalue weighted by atomic mass is 9.86. The SMILES string of the molecule is CCOC(=O)C(=O)C1CCc2nc(NC(C)=O)sc2C1=O. The summed E-state index contributed by atoms with van der Waals surface area (Å²) in [5, 5.41) is 2.83. The quantitative estimate of drug-likeness (QED) is 0.505. The van der Waals surface area contributed by atoms with Gasteiger partial charge in [0, 0.05) is 6.92 Å². The minimum Gasteiger partial charge on any atom is -0.460 e. The number of ether oxygens (including phenoxy) is 1. The number of aryl methyl sites for hydroxylation is 1. The number of esters is 1. The highest BCUT2D eigenvalue weighted by molar-refractivity contribution is 7.17. The lowest BCUT2D eigenvalue weighted by molar-refractivity contribution is -0.154. The zero-order valence-electron chi connectivity index (χ0n) is 11.6. The van der Waals surface area contributed by atoms with Gasteiger partial charge in [-0.1, -0.05) is 11.3 Å². The summed E-state index contributed by atoms with van der Waals surface area (Å²) in [5.41, 5.74) is 0.557. The van der Waals surface area contributed by atoms with Gasteiger partial charge in [0.2, 0.25) is 5.91 Å². The molecule has 1 aliphatic carbocycles. The van der Waals surface area contributed by atoms with E-state index in [2.05, 4.69) is 15.0 Å². The molecule has 0 aromatic carbocycles. The molecule has 21 heavy (non-hydrogen) atoms. The van der Waals surface area contributed by atoms with Crippen molar-refractivity contribution >= 4 is 39.9 Å². The molecule has 1 aromatic heterocycles. The Balaban J connectivity index is 2.20. The number of fused-ring (bicyclic) bond motifs is 1. The molecule has 1 aromatic rings. The predicted molar refractivity (Wildman–Crippen MR) is 74.2 cm³/mol. The van der Waals surface area contributed by atoms with Crippen LogP contribution in [0, 0.1) is 5.92 Å². The summed E-state index contributed by atoms with van der Waals surface area (Å²) in [7, 11) is 0. The molecule has 0 saturated heterocycles. The van der Waals surface area contributed by atoms with Crippen LogP contribution in [0.1, 0.15) is 35.6 Å². The molecule has 0 aliphatic heterocycles. The number of rotatable bonds is 4. The van der Waals surface area contributed by atoms with Crippen LogP contribution in [0.2, 0.25) is 0 Å². The fraction of sp³-hybridized carbons (Fsp3) is 0.462. The molecule has 1 N–H and O–H groups in total. The van der Waals surface area contributed by atoms with E-state index in [0.717, 1.165) is 11.3 Å². The highest BCUT2D eigenvalue weighted by atomic mass is 32.1. The largest absolute Gasteiger partial charge is 0.460 e. The highest BCUT2D eigenvalue weighted by Gasteiger charge is 2.38. The molecule has 1 heterocycles. The Morgan fingerprint density at radius 2 is 2.14 bits per heavy atom. The van der Waals surface area contributed by atoms with Crippen LogP contribution in [0.4, 0.5) is 5.13 Å². The highest BCUT2D eigenvalue weighted by Crippen LogP contribution is 2.32. The van der Waals surface area contributed by atoms with Gasteiger partial charge in [-0.15, -0.1) is 0 Å². The number of ketones is 2. The molecule has 0 bridgehead atoms. The monoisotopic (exact) mass is 310 g/mol. The second-order valence-electron chi connectivity index (χ2n) is 4.52. The molecule has 1 unspecified atom stereocenters. The van der Waals surface area contributed by atoms with Crippen LogP contribution in [0.3, 0.4) is 0 Å². The third-order valence-corrected chi connectivity index (χ3v) is 4.01. The average Bonchev–Trinajstić information content (AvgIpc) is 2.81. The number of hydrogen-bond donors (Lipinski definition) is 1. The summed E-state index contributed by atoms with van der Waals surface area (Å²) >= 11 is 1.02. The molecule has 1 atom stereocenters. The van der Waals surface area contributed by atoms with Gasteiger partial charge in [0.25, 0.3) is 5.78 Å². The standard InChI is InChI=1S/C13H14N2O5S/c1-3-20-12(19)10(18)7-4-5-8-11(9(7)17)21-13(15-8)14-6(2)16/h7H,3-5H2,1-2H3,(H,14,15,16). The molecular weight excluding hydrogens is 296 g/mol. The maximum Gasteiger partial charge on any atom is 0.375 e. The maximum atomic E-state index is 12.3. The Labute approximate surface area is 124 Å². The molecule has 112 valence electrons. The number of Topliss-reactive ketones (excluding diaryl/α,β-unsaturated/α-hetero) is 2. The fourth-order valence-electron chi connectivity index (χ4n) is 2.08. The van der Waals surface area contributed by atoms with Crippen LogP contribution < -0.4 is 5.32 Å². The van der Waals surface area contributed by atoms with Crippen LogP contribution in [0.5, 0.6) is 0 Å². The van der Waals surface area contributed by atoms with Crippen molar-refractivity contribution in [2.45, 2.75) is 26.7 Å². The molecule has 0 spiro atoms. The van der Waals surface area contributed by atoms with Gasteiger partial charge in [-0.2, -0.15) is 0 Å². The molecular formula is C13H14N2O5S. The topological polar surface area (TPSA) is 102 Å². The van der Waals surface area contributed by atoms with Crippen molar-refractivity contribution in [2.75, 3.05) is 11.9 Å². The first-order valence-electron chi connectivity index (χ1n) is 6.46. The van der Waals surface area contributed by atoms with Crippen LogP contribution in [0.15, 0.2) is 0 Å². The third kappa shape index (κ3) is 3.15. The van der Waals surface area contributed by atoms with Crippen LogP contribution in [-0.4, -0.2) is 35.0 Å². The predicted octanol–water partition coefficient (Wildman–Crippen LogP) is 0.979. The van der Waals surface area contributed by atoms with Crippen LogP contribution >= 0.6 is 11.3 Å². The van der Waals surface area contributed by atoms with Crippen molar-refractivity contribution < 1.29 is 23.9 Å². The van der Waals surface area contributed by atoms with E-state index in [4.69, 9.17) is 0 Å². The summed E-state index contributed by atoms with van der Waals surface area (Å²) in [5.74, 6) is -3.52. The van der Waals surface area contributed by atoms with E-state index < -0.39 is 23.5 Å². The van der Waals surface area contributed by atoms with Crippen molar-refractivity contribution in [3.05, 3.63) is 10.6 Å². The van der Waals surface area contributed by atoms with Crippen molar-refractivity contribution in [2.24, 2.45) is 5.92 Å². The first kappa shape index (κ1) is 15.3. The number of amides is 1. The van der Waals surface area contributed by atoms with Crippen LogP contribution in [-0.2, 0) is 25.5 Å². The second kappa shape index (κ2) is 6.13. The molecule has 7 nitrogen and oxygen atoms in total. The smallest absolute Gasteiger partial charge is 0.375 e. The Morgan fingerprint density at radius 3 is 2.76 bits per heavy atom. The van der Waals surface area contributed by atoms with E-state index >= 15 is 0 Å². The van der Waals surface area contributed by atoms with Crippen LogP contribution in [0.25, 0.3) is 0 Å². The average molecular weight is 310 g/mol. The second-order valence-corrected chi connectivity index (χ2v) is 5.52. The lowest BCUT2D eigenvalue weighted by Gasteiger charge is -2.17. The fourth-order valence-corrected chi connectivity index (χ4v) is 3.14. The molecule has 0 saturated carbocycles. The summed E-state index contributed by atoms with van der Waals surface area (Å²) < 4.78 is 4.64. The maximum absolute atomic E-state index is 12.3. The van der Waals surface area contributed by atoms with Gasteiger partial charge in [0.15, 0.2) is 10.9 Å². The van der Waals surface area contributed by atoms with E-state index in [1.807, 2.05) is 0 Å². The first-order chi connectivity index (χ1) is 9.93. The van der Waals surface area contributed by atoms with E-state index in [9.17, 15) is 19.2 Å². The summed E-state index contributed by atoms with van der Waals surface area (Å²) in [6, 6.07) is 0. The molecule has 1 aliphatic rings. The molecule has 0 fully saturated rings. The van der Waals surface area contributed by atoms with Gasteiger partial charge in [-0.3, -0.25) is 14.4 Å². The summed E-state index contributed by atoms with van der Waals surface area (Å²) in [4.78, 5) is 51.1. The number of carbonyl (C=O) groups is 4. The first-order valence-corrected chi connectivity index (χ1v) is 7.28. The van der Waals surface area contributed by atoms with Gasteiger partial charge in [0.05, 0.1) is 23.1 Å². The van der Waals surface area contributed by atoms with E-state index in [-0.39, 0.29) is 18.9 Å². The Morgan fingerprint density at radius 1 is 1.43 bits per heavy atom. The van der Waals surface area contributed by atoms with E-state index in [0.29, 0.717) is 22.1 Å². The van der Waals surface area contributed by atoms with Crippen molar-refractivity contribution in [3.63, 3.8) is 0 Å². The normalized spacial score (nSPS) is 17.0. The number of nitrogens with zero attached hydrogens (tertiary/aromatic N) is 1. The number of aromatic nitrogens is 1. The van der Waals surface area contributed by atoms with Gasteiger partial charge < -0.3 is 10.1 Å². The van der Waals surface area contributed by atoms with Crippen molar-refractivity contribution in [3.8, 4) is 0 Å². The summed E-state index contributed by atoms with van der Waals surface area (Å²) in [6.45, 7) is 3.02. The molecule has 8 heteroatoms. The Hall–Kier alpha value is -2.09. The number of anilines is 1. The zero-order valence-corrected chi connectivity index (χ0v) is 12.4. The number of nitrogens with one attached hydrogen (secondary N) is 1. The third-order valence-electron chi connectivity index (χ3n) is 2.98. The molecule has 2 rings (SSSR count). The van der Waals surface area contributed by atoms with E-state index in [1.165, 1.54) is 6.92 Å². The van der Waals surface area contributed by atoms with Gasteiger partial charge in [-0.05, 0) is 19.8 Å². The minimum atomic E-state index is -1.01. The van der Waals surface area contributed by atoms with Crippen molar-refractivity contribution in [1.82, 2.24) is 4.98 Å².